The Morgan fingerprint density at radius 3 is 2.48 bits per heavy atom. The molecule has 0 bridgehead atoms. The zero-order valence-electron chi connectivity index (χ0n) is 16.0. The highest BCUT2D eigenvalue weighted by Crippen LogP contribution is 2.24. The molecule has 0 saturated carbocycles. The van der Waals surface area contributed by atoms with Gasteiger partial charge in [-0.2, -0.15) is 0 Å². The number of anilines is 2. The first kappa shape index (κ1) is 20.4. The monoisotopic (exact) mass is 394 g/mol. The molecule has 0 spiro atoms. The molecular formula is C17H22N4O5S. The lowest BCUT2D eigenvalue weighted by Crippen LogP contribution is -2.27. The Kier molecular flexibility index (Phi) is 5.89. The number of carbonyl (C=O) groups is 3. The average molecular weight is 394 g/mol. The highest BCUT2D eigenvalue weighted by molar-refractivity contribution is 7.16. The molecular weight excluding hydrogens is 372 g/mol. The summed E-state index contributed by atoms with van der Waals surface area (Å²) in [4.78, 5) is 40.7. The average Bonchev–Trinajstić information content (AvgIpc) is 3.07. The topological polar surface area (TPSA) is 112 Å². The minimum Gasteiger partial charge on any atom is -0.464 e. The summed E-state index contributed by atoms with van der Waals surface area (Å²) in [7, 11) is 2.95. The number of methoxy groups -OCH3 is 1. The predicted molar refractivity (Wildman–Crippen MR) is 101 cm³/mol. The van der Waals surface area contributed by atoms with Gasteiger partial charge in [0.1, 0.15) is 17.0 Å². The van der Waals surface area contributed by atoms with Crippen LogP contribution in [0, 0.1) is 6.92 Å². The van der Waals surface area contributed by atoms with E-state index in [9.17, 15) is 14.4 Å². The number of nitrogens with one attached hydrogen (secondary N) is 2. The fourth-order valence-electron chi connectivity index (χ4n) is 2.18. The van der Waals surface area contributed by atoms with Crippen LogP contribution >= 0.6 is 11.3 Å². The minimum atomic E-state index is -0.644. The fraction of sp³-hybridized carbons (Fsp3) is 0.412. The first-order chi connectivity index (χ1) is 12.5. The summed E-state index contributed by atoms with van der Waals surface area (Å²) in [6, 6.07) is 1.51. The lowest BCUT2D eigenvalue weighted by molar-refractivity contribution is 0.0587. The maximum Gasteiger partial charge on any atom is 0.413 e. The van der Waals surface area contributed by atoms with Crippen molar-refractivity contribution in [3.05, 3.63) is 28.5 Å². The zero-order chi connectivity index (χ0) is 20.4. The molecule has 10 heteroatoms. The number of amides is 2. The van der Waals surface area contributed by atoms with E-state index in [-0.39, 0.29) is 10.8 Å². The van der Waals surface area contributed by atoms with Gasteiger partial charge in [0.15, 0.2) is 5.13 Å². The number of nitrogens with zero attached hydrogens (tertiary/aromatic N) is 2. The van der Waals surface area contributed by atoms with Crippen LogP contribution in [0.15, 0.2) is 12.3 Å². The molecule has 0 radical (unpaired) electrons. The van der Waals surface area contributed by atoms with Crippen molar-refractivity contribution in [2.45, 2.75) is 33.3 Å². The molecule has 9 nitrogen and oxygen atoms in total. The molecule has 0 unspecified atom stereocenters. The summed E-state index contributed by atoms with van der Waals surface area (Å²) in [5, 5.41) is 5.45. The number of ether oxygens (including phenoxy) is 2. The van der Waals surface area contributed by atoms with Crippen LogP contribution in [0.2, 0.25) is 0 Å². The highest BCUT2D eigenvalue weighted by Gasteiger charge is 2.21. The number of aromatic nitrogens is 2. The third-order valence-electron chi connectivity index (χ3n) is 3.28. The molecule has 146 valence electrons. The molecule has 2 N–H and O–H groups in total. The molecule has 0 aliphatic rings. The van der Waals surface area contributed by atoms with Gasteiger partial charge in [-0.05, 0) is 33.8 Å². The maximum absolute atomic E-state index is 12.5. The maximum atomic E-state index is 12.5. The smallest absolute Gasteiger partial charge is 0.413 e. The molecule has 2 heterocycles. The van der Waals surface area contributed by atoms with Gasteiger partial charge < -0.3 is 19.4 Å². The molecule has 0 atom stereocenters. The summed E-state index contributed by atoms with van der Waals surface area (Å²) in [6.07, 6.45) is 0.945. The Morgan fingerprint density at radius 1 is 1.22 bits per heavy atom. The summed E-state index contributed by atoms with van der Waals surface area (Å²) < 4.78 is 11.4. The number of thiazole rings is 1. The minimum absolute atomic E-state index is 0.175. The second-order valence-electron chi connectivity index (χ2n) is 6.72. The Morgan fingerprint density at radius 2 is 1.89 bits per heavy atom. The lowest BCUT2D eigenvalue weighted by Gasteiger charge is -2.18. The SMILES string of the molecule is COC(=O)c1cc(NC(=O)c2nc(NC(=O)OC(C)(C)C)sc2C)cn1C. The molecule has 0 saturated heterocycles. The zero-order valence-corrected chi connectivity index (χ0v) is 16.8. The molecule has 2 aromatic heterocycles. The van der Waals surface area contributed by atoms with Gasteiger partial charge in [-0.25, -0.2) is 14.6 Å². The van der Waals surface area contributed by atoms with E-state index in [1.54, 1.807) is 45.5 Å². The Bertz CT molecular complexity index is 879. The molecule has 0 aliphatic heterocycles. The number of aryl methyl sites for hydroxylation is 2. The summed E-state index contributed by atoms with van der Waals surface area (Å²) in [5.74, 6) is -0.963. The van der Waals surface area contributed by atoms with Crippen LogP contribution in [0.4, 0.5) is 15.6 Å². The quantitative estimate of drug-likeness (QED) is 0.771. The van der Waals surface area contributed by atoms with Gasteiger partial charge in [0, 0.05) is 18.1 Å². The summed E-state index contributed by atoms with van der Waals surface area (Å²) >= 11 is 1.16. The van der Waals surface area contributed by atoms with Crippen LogP contribution in [-0.2, 0) is 16.5 Å². The van der Waals surface area contributed by atoms with Crippen molar-refractivity contribution in [1.82, 2.24) is 9.55 Å². The largest absolute Gasteiger partial charge is 0.464 e. The molecule has 27 heavy (non-hydrogen) atoms. The highest BCUT2D eigenvalue weighted by atomic mass is 32.1. The van der Waals surface area contributed by atoms with Crippen LogP contribution < -0.4 is 10.6 Å². The van der Waals surface area contributed by atoms with E-state index in [4.69, 9.17) is 4.74 Å². The van der Waals surface area contributed by atoms with E-state index < -0.39 is 23.6 Å². The van der Waals surface area contributed by atoms with Gasteiger partial charge in [-0.15, -0.1) is 11.3 Å². The van der Waals surface area contributed by atoms with Crippen molar-refractivity contribution < 1.29 is 23.9 Å². The van der Waals surface area contributed by atoms with E-state index in [2.05, 4.69) is 20.4 Å². The lowest BCUT2D eigenvalue weighted by atomic mass is 10.2. The Hall–Kier alpha value is -2.88. The van der Waals surface area contributed by atoms with E-state index >= 15 is 0 Å². The summed E-state index contributed by atoms with van der Waals surface area (Å²) in [5.41, 5.74) is 0.267. The molecule has 2 aromatic rings. The third kappa shape index (κ3) is 5.30. The van der Waals surface area contributed by atoms with Gasteiger partial charge in [0.25, 0.3) is 5.91 Å². The number of hydrogen-bond donors (Lipinski definition) is 2. The van der Waals surface area contributed by atoms with Gasteiger partial charge in [-0.1, -0.05) is 0 Å². The standard InChI is InChI=1S/C17H22N4O5S/c1-9-12(19-15(27-9)20-16(24)26-17(2,3)4)13(22)18-10-7-11(14(23)25-6)21(5)8-10/h7-8H,1-6H3,(H,18,22)(H,19,20,24). The van der Waals surface area contributed by atoms with Crippen LogP contribution in [0.25, 0.3) is 0 Å². The first-order valence-corrected chi connectivity index (χ1v) is 8.85. The van der Waals surface area contributed by atoms with Gasteiger partial charge in [-0.3, -0.25) is 10.1 Å². The van der Waals surface area contributed by atoms with Crippen LogP contribution in [0.1, 0.15) is 46.6 Å². The number of carbonyl (C=O) groups excluding carboxylic acids is 3. The number of hydrogen-bond acceptors (Lipinski definition) is 7. The molecule has 0 aliphatic carbocycles. The van der Waals surface area contributed by atoms with Crippen molar-refractivity contribution in [3.63, 3.8) is 0 Å². The van der Waals surface area contributed by atoms with Crippen molar-refractivity contribution in [2.75, 3.05) is 17.7 Å². The number of esters is 1. The van der Waals surface area contributed by atoms with Crippen molar-refractivity contribution in [1.29, 1.82) is 0 Å². The van der Waals surface area contributed by atoms with Gasteiger partial charge in [0.05, 0.1) is 12.8 Å². The van der Waals surface area contributed by atoms with Crippen molar-refractivity contribution >= 4 is 40.1 Å². The van der Waals surface area contributed by atoms with E-state index in [1.807, 2.05) is 0 Å². The molecule has 0 fully saturated rings. The second kappa shape index (κ2) is 7.78. The summed E-state index contributed by atoms with van der Waals surface area (Å²) in [6.45, 7) is 6.97. The Balaban J connectivity index is 2.10. The van der Waals surface area contributed by atoms with Crippen molar-refractivity contribution in [3.8, 4) is 0 Å². The van der Waals surface area contributed by atoms with Crippen molar-refractivity contribution in [2.24, 2.45) is 7.05 Å². The van der Waals surface area contributed by atoms with E-state index in [0.717, 1.165) is 11.3 Å². The number of rotatable bonds is 4. The van der Waals surface area contributed by atoms with Crippen LogP contribution in [-0.4, -0.2) is 40.2 Å². The first-order valence-electron chi connectivity index (χ1n) is 8.03. The van der Waals surface area contributed by atoms with Crippen LogP contribution in [0.3, 0.4) is 0 Å². The molecule has 2 rings (SSSR count). The van der Waals surface area contributed by atoms with Gasteiger partial charge >= 0.3 is 12.1 Å². The second-order valence-corrected chi connectivity index (χ2v) is 7.92. The van der Waals surface area contributed by atoms with Gasteiger partial charge in [0.2, 0.25) is 0 Å². The molecule has 0 aromatic carbocycles. The third-order valence-corrected chi connectivity index (χ3v) is 4.16. The predicted octanol–water partition coefficient (Wildman–Crippen LogP) is 3.18. The van der Waals surface area contributed by atoms with E-state index in [1.165, 1.54) is 13.2 Å². The normalized spacial score (nSPS) is 11.0. The van der Waals surface area contributed by atoms with E-state index in [0.29, 0.717) is 16.3 Å². The van der Waals surface area contributed by atoms with Crippen LogP contribution in [0.5, 0.6) is 0 Å². The molecule has 2 amide bonds. The Labute approximate surface area is 160 Å². The fourth-order valence-corrected chi connectivity index (χ4v) is 2.98.